The molecule has 3 aromatic rings. The number of rotatable bonds is 8. The molecule has 0 unspecified atom stereocenters. The highest BCUT2D eigenvalue weighted by molar-refractivity contribution is 9.10. The van der Waals surface area contributed by atoms with Crippen LogP contribution < -0.4 is 4.74 Å². The van der Waals surface area contributed by atoms with Crippen LogP contribution in [0.2, 0.25) is 0 Å². The van der Waals surface area contributed by atoms with Gasteiger partial charge < -0.3 is 14.0 Å². The maximum Gasteiger partial charge on any atom is 0.266 e. The minimum absolute atomic E-state index is 0.0735. The molecular formula is C24H23BrN2O3S2. The summed E-state index contributed by atoms with van der Waals surface area (Å²) in [4.78, 5) is 15.1. The van der Waals surface area contributed by atoms with Crippen LogP contribution in [0.1, 0.15) is 11.1 Å². The van der Waals surface area contributed by atoms with Crippen molar-refractivity contribution in [2.45, 2.75) is 13.5 Å². The molecule has 1 amide bonds. The van der Waals surface area contributed by atoms with Crippen molar-refractivity contribution in [3.8, 4) is 5.75 Å². The quantitative estimate of drug-likeness (QED) is 0.278. The van der Waals surface area contributed by atoms with Crippen LogP contribution in [0.5, 0.6) is 5.75 Å². The van der Waals surface area contributed by atoms with E-state index in [1.165, 1.54) is 17.3 Å². The maximum absolute atomic E-state index is 12.8. The van der Waals surface area contributed by atoms with Gasteiger partial charge in [-0.25, -0.2) is 0 Å². The van der Waals surface area contributed by atoms with Crippen LogP contribution in [-0.4, -0.2) is 46.6 Å². The summed E-state index contributed by atoms with van der Waals surface area (Å²) in [7, 11) is 1.61. The number of carbonyl (C=O) groups excluding carboxylic acids is 1. The standard InChI is InChI=1S/C24H23BrN2O3S2/c1-16-3-6-19(7-4-16)30-12-9-26-15-17(20-14-18(25)5-8-21(20)26)13-22-23(28)27(10-11-29-2)24(31)32-22/h3-8,13-15H,9-12H2,1-2H3/b22-13-. The average molecular weight is 531 g/mol. The Morgan fingerprint density at radius 1 is 1.12 bits per heavy atom. The zero-order valence-electron chi connectivity index (χ0n) is 17.8. The van der Waals surface area contributed by atoms with Crippen molar-refractivity contribution < 1.29 is 14.3 Å². The summed E-state index contributed by atoms with van der Waals surface area (Å²) < 4.78 is 14.7. The molecule has 0 N–H and O–H groups in total. The molecule has 166 valence electrons. The summed E-state index contributed by atoms with van der Waals surface area (Å²) in [5.74, 6) is 0.783. The highest BCUT2D eigenvalue weighted by Crippen LogP contribution is 2.35. The minimum atomic E-state index is -0.0735. The van der Waals surface area contributed by atoms with E-state index in [4.69, 9.17) is 21.7 Å². The molecule has 1 saturated heterocycles. The van der Waals surface area contributed by atoms with Gasteiger partial charge in [-0.05, 0) is 43.3 Å². The Bertz CT molecular complexity index is 1190. The first kappa shape index (κ1) is 23.0. The first-order valence-electron chi connectivity index (χ1n) is 10.2. The average Bonchev–Trinajstić information content (AvgIpc) is 3.24. The Morgan fingerprint density at radius 2 is 1.91 bits per heavy atom. The molecule has 4 rings (SSSR count). The van der Waals surface area contributed by atoms with Crippen molar-refractivity contribution in [3.05, 3.63) is 69.2 Å². The van der Waals surface area contributed by atoms with Gasteiger partial charge >= 0.3 is 0 Å². The molecule has 1 aromatic heterocycles. The predicted octanol–water partition coefficient (Wildman–Crippen LogP) is 5.64. The van der Waals surface area contributed by atoms with Crippen LogP contribution in [0.4, 0.5) is 0 Å². The molecule has 0 atom stereocenters. The molecule has 0 aliphatic carbocycles. The molecule has 1 aliphatic rings. The van der Waals surface area contributed by atoms with E-state index in [0.717, 1.165) is 26.7 Å². The van der Waals surface area contributed by atoms with Gasteiger partial charge in [-0.1, -0.05) is 57.6 Å². The Labute approximate surface area is 205 Å². The van der Waals surface area contributed by atoms with Crippen molar-refractivity contribution in [3.63, 3.8) is 0 Å². The maximum atomic E-state index is 12.8. The van der Waals surface area contributed by atoms with Crippen molar-refractivity contribution in [2.75, 3.05) is 26.9 Å². The predicted molar refractivity (Wildman–Crippen MR) is 138 cm³/mol. The molecule has 2 heterocycles. The Balaban J connectivity index is 1.57. The number of hydrogen-bond donors (Lipinski definition) is 0. The number of fused-ring (bicyclic) bond motifs is 1. The third-order valence-corrected chi connectivity index (χ3v) is 7.05. The highest BCUT2D eigenvalue weighted by atomic mass is 79.9. The van der Waals surface area contributed by atoms with E-state index >= 15 is 0 Å². The third-order valence-electron chi connectivity index (χ3n) is 5.18. The lowest BCUT2D eigenvalue weighted by Crippen LogP contribution is -2.31. The number of nitrogens with zero attached hydrogens (tertiary/aromatic N) is 2. The second-order valence-corrected chi connectivity index (χ2v) is 10.0. The molecule has 8 heteroatoms. The van der Waals surface area contributed by atoms with E-state index in [1.807, 2.05) is 36.4 Å². The van der Waals surface area contributed by atoms with Gasteiger partial charge in [0.25, 0.3) is 5.91 Å². The number of halogens is 1. The minimum Gasteiger partial charge on any atom is -0.492 e. The summed E-state index contributed by atoms with van der Waals surface area (Å²) in [6.45, 7) is 4.20. The summed E-state index contributed by atoms with van der Waals surface area (Å²) >= 11 is 10.3. The first-order chi connectivity index (χ1) is 15.5. The fourth-order valence-corrected chi connectivity index (χ4v) is 5.17. The summed E-state index contributed by atoms with van der Waals surface area (Å²) in [6, 6.07) is 14.2. The van der Waals surface area contributed by atoms with Crippen molar-refractivity contribution in [1.29, 1.82) is 0 Å². The van der Waals surface area contributed by atoms with Gasteiger partial charge in [0.15, 0.2) is 0 Å². The molecule has 0 saturated carbocycles. The largest absolute Gasteiger partial charge is 0.492 e. The molecular weight excluding hydrogens is 508 g/mol. The molecule has 1 fully saturated rings. The van der Waals surface area contributed by atoms with E-state index in [2.05, 4.69) is 45.8 Å². The number of methoxy groups -OCH3 is 1. The van der Waals surface area contributed by atoms with Crippen LogP contribution in [0.25, 0.3) is 17.0 Å². The van der Waals surface area contributed by atoms with Gasteiger partial charge in [-0.15, -0.1) is 0 Å². The number of benzene rings is 2. The van der Waals surface area contributed by atoms with Gasteiger partial charge in [-0.2, -0.15) is 0 Å². The van der Waals surface area contributed by atoms with Crippen molar-refractivity contribution >= 4 is 67.1 Å². The molecule has 1 aliphatic heterocycles. The SMILES string of the molecule is COCCN1C(=O)/C(=C/c2cn(CCOc3ccc(C)cc3)c3ccc(Br)cc23)SC1=S. The second kappa shape index (κ2) is 10.2. The summed E-state index contributed by atoms with van der Waals surface area (Å²) in [6.07, 6.45) is 4.00. The van der Waals surface area contributed by atoms with E-state index < -0.39 is 0 Å². The first-order valence-corrected chi connectivity index (χ1v) is 12.2. The Hall–Kier alpha value is -2.13. The van der Waals surface area contributed by atoms with Crippen LogP contribution in [-0.2, 0) is 16.1 Å². The molecule has 0 bridgehead atoms. The van der Waals surface area contributed by atoms with Gasteiger partial charge in [0, 0.05) is 34.2 Å². The second-order valence-electron chi connectivity index (χ2n) is 7.43. The van der Waals surface area contributed by atoms with Crippen LogP contribution in [0.15, 0.2) is 58.0 Å². The van der Waals surface area contributed by atoms with Crippen LogP contribution >= 0.6 is 39.9 Å². The number of amides is 1. The number of aromatic nitrogens is 1. The van der Waals surface area contributed by atoms with Gasteiger partial charge in [0.05, 0.1) is 24.6 Å². The lowest BCUT2D eigenvalue weighted by atomic mass is 10.1. The number of thiocarbonyl (C=S) groups is 1. The normalized spacial score (nSPS) is 15.3. The van der Waals surface area contributed by atoms with Gasteiger partial charge in [0.2, 0.25) is 0 Å². The third kappa shape index (κ3) is 5.09. The lowest BCUT2D eigenvalue weighted by molar-refractivity contribution is -0.122. The Kier molecular flexibility index (Phi) is 7.35. The van der Waals surface area contributed by atoms with Crippen molar-refractivity contribution in [2.24, 2.45) is 0 Å². The molecule has 0 spiro atoms. The molecule has 0 radical (unpaired) electrons. The molecule has 2 aromatic carbocycles. The summed E-state index contributed by atoms with van der Waals surface area (Å²) in [5.41, 5.74) is 3.27. The monoisotopic (exact) mass is 530 g/mol. The smallest absolute Gasteiger partial charge is 0.266 e. The van der Waals surface area contributed by atoms with Crippen molar-refractivity contribution in [1.82, 2.24) is 9.47 Å². The zero-order valence-corrected chi connectivity index (χ0v) is 21.1. The van der Waals surface area contributed by atoms with E-state index in [-0.39, 0.29) is 5.91 Å². The number of ether oxygens (including phenoxy) is 2. The topological polar surface area (TPSA) is 43.7 Å². The highest BCUT2D eigenvalue weighted by Gasteiger charge is 2.31. The molecule has 5 nitrogen and oxygen atoms in total. The van der Waals surface area contributed by atoms with E-state index in [0.29, 0.717) is 35.5 Å². The summed E-state index contributed by atoms with van der Waals surface area (Å²) in [5, 5.41) is 1.07. The number of carbonyl (C=O) groups is 1. The van der Waals surface area contributed by atoms with E-state index in [9.17, 15) is 4.79 Å². The van der Waals surface area contributed by atoms with E-state index in [1.54, 1.807) is 12.0 Å². The fourth-order valence-electron chi connectivity index (χ4n) is 3.51. The zero-order chi connectivity index (χ0) is 22.7. The van der Waals surface area contributed by atoms with Crippen LogP contribution in [0, 0.1) is 6.92 Å². The number of hydrogen-bond acceptors (Lipinski definition) is 5. The van der Waals surface area contributed by atoms with Gasteiger partial charge in [0.1, 0.15) is 16.7 Å². The molecule has 32 heavy (non-hydrogen) atoms. The lowest BCUT2D eigenvalue weighted by Gasteiger charge is -2.12. The number of thioether (sulfide) groups is 1. The Morgan fingerprint density at radius 3 is 2.66 bits per heavy atom. The number of aryl methyl sites for hydroxylation is 1. The van der Waals surface area contributed by atoms with Crippen LogP contribution in [0.3, 0.4) is 0 Å². The fraction of sp³-hybridized carbons (Fsp3) is 0.250. The van der Waals surface area contributed by atoms with Gasteiger partial charge in [-0.3, -0.25) is 9.69 Å².